The monoisotopic (exact) mass is 392 g/mol. The second kappa shape index (κ2) is 7.76. The van der Waals surface area contributed by atoms with Crippen molar-refractivity contribution in [3.63, 3.8) is 0 Å². The molecule has 2 amide bonds. The number of likely N-dealkylation sites (tertiary alicyclic amines) is 1. The van der Waals surface area contributed by atoms with Crippen LogP contribution < -0.4 is 5.32 Å². The highest BCUT2D eigenvalue weighted by atomic mass is 32.1. The topological polar surface area (TPSA) is 49.4 Å². The van der Waals surface area contributed by atoms with Crippen LogP contribution in [0.4, 0.5) is 5.69 Å². The highest BCUT2D eigenvalue weighted by Gasteiger charge is 2.27. The molecule has 1 aromatic heterocycles. The van der Waals surface area contributed by atoms with Crippen LogP contribution in [0.25, 0.3) is 10.1 Å². The van der Waals surface area contributed by atoms with Gasteiger partial charge in [0.25, 0.3) is 11.8 Å². The summed E-state index contributed by atoms with van der Waals surface area (Å²) in [6, 6.07) is 17.1. The zero-order valence-corrected chi connectivity index (χ0v) is 17.0. The number of nitrogens with one attached hydrogen (secondary N) is 1. The number of fused-ring (bicyclic) bond motifs is 1. The maximum Gasteiger partial charge on any atom is 0.265 e. The molecule has 0 radical (unpaired) electrons. The van der Waals surface area contributed by atoms with Crippen molar-refractivity contribution in [3.8, 4) is 0 Å². The number of carbonyl (C=O) groups is 2. The summed E-state index contributed by atoms with van der Waals surface area (Å²) in [4.78, 5) is 28.5. The molecule has 1 N–H and O–H groups in total. The highest BCUT2D eigenvalue weighted by molar-refractivity contribution is 7.20. The number of hydrogen-bond acceptors (Lipinski definition) is 3. The van der Waals surface area contributed by atoms with Gasteiger partial charge >= 0.3 is 0 Å². The van der Waals surface area contributed by atoms with Gasteiger partial charge in [-0.25, -0.2) is 0 Å². The summed E-state index contributed by atoms with van der Waals surface area (Å²) in [6.45, 7) is 5.90. The molecule has 1 fully saturated rings. The van der Waals surface area contributed by atoms with E-state index in [1.54, 1.807) is 12.1 Å². The Morgan fingerprint density at radius 3 is 2.43 bits per heavy atom. The molecule has 4 nitrogen and oxygen atoms in total. The Balaban J connectivity index is 1.57. The van der Waals surface area contributed by atoms with Gasteiger partial charge in [0.05, 0.1) is 16.1 Å². The molecule has 0 saturated carbocycles. The van der Waals surface area contributed by atoms with Crippen LogP contribution in [0.15, 0.2) is 54.6 Å². The summed E-state index contributed by atoms with van der Waals surface area (Å²) in [6.07, 6.45) is 1.15. The van der Waals surface area contributed by atoms with Gasteiger partial charge in [0.15, 0.2) is 0 Å². The number of nitrogens with zero attached hydrogens (tertiary/aromatic N) is 1. The molecule has 5 heteroatoms. The second-order valence-corrected chi connectivity index (χ2v) is 8.89. The molecule has 0 aliphatic carbocycles. The Bertz CT molecular complexity index is 983. The summed E-state index contributed by atoms with van der Waals surface area (Å²) in [5.41, 5.74) is 1.12. The van der Waals surface area contributed by atoms with E-state index in [4.69, 9.17) is 0 Å². The number of anilines is 1. The molecule has 4 rings (SSSR count). The number of rotatable bonds is 3. The minimum absolute atomic E-state index is 0.00867. The minimum Gasteiger partial charge on any atom is -0.338 e. The largest absolute Gasteiger partial charge is 0.338 e. The van der Waals surface area contributed by atoms with E-state index in [1.165, 1.54) is 11.3 Å². The van der Waals surface area contributed by atoms with E-state index in [-0.39, 0.29) is 11.8 Å². The third kappa shape index (κ3) is 3.80. The zero-order valence-electron chi connectivity index (χ0n) is 16.1. The average Bonchev–Trinajstić information content (AvgIpc) is 3.11. The molecule has 28 heavy (non-hydrogen) atoms. The van der Waals surface area contributed by atoms with Crippen LogP contribution in [0.3, 0.4) is 0 Å². The number of para-hydroxylation sites is 1. The van der Waals surface area contributed by atoms with Crippen molar-refractivity contribution in [3.05, 3.63) is 65.0 Å². The SMILES string of the molecule is CC1CC(C)CN(C(=O)c2ccccc2NC(=O)c2cc3ccccc3s2)C1. The molecule has 1 saturated heterocycles. The molecular weight excluding hydrogens is 368 g/mol. The number of piperidine rings is 1. The van der Waals surface area contributed by atoms with Gasteiger partial charge in [0.1, 0.15) is 0 Å². The molecule has 2 aromatic carbocycles. The van der Waals surface area contributed by atoms with E-state index in [1.807, 2.05) is 47.4 Å². The first-order valence-corrected chi connectivity index (χ1v) is 10.5. The lowest BCUT2D eigenvalue weighted by molar-refractivity contribution is 0.0624. The Morgan fingerprint density at radius 2 is 1.68 bits per heavy atom. The molecule has 2 heterocycles. The smallest absolute Gasteiger partial charge is 0.265 e. The number of benzene rings is 2. The number of thiophene rings is 1. The van der Waals surface area contributed by atoms with Crippen molar-refractivity contribution in [2.45, 2.75) is 20.3 Å². The fourth-order valence-corrected chi connectivity index (χ4v) is 5.01. The molecule has 1 aliphatic heterocycles. The van der Waals surface area contributed by atoms with E-state index in [0.29, 0.717) is 28.0 Å². The lowest BCUT2D eigenvalue weighted by Gasteiger charge is -2.35. The maximum atomic E-state index is 13.1. The van der Waals surface area contributed by atoms with Crippen molar-refractivity contribution in [2.75, 3.05) is 18.4 Å². The molecule has 3 aromatic rings. The van der Waals surface area contributed by atoms with Crippen LogP contribution in [0.1, 0.15) is 40.3 Å². The van der Waals surface area contributed by atoms with Crippen molar-refractivity contribution in [2.24, 2.45) is 11.8 Å². The highest BCUT2D eigenvalue weighted by Crippen LogP contribution is 2.28. The Kier molecular flexibility index (Phi) is 5.18. The average molecular weight is 393 g/mol. The first-order chi connectivity index (χ1) is 13.5. The molecule has 0 spiro atoms. The second-order valence-electron chi connectivity index (χ2n) is 7.80. The molecule has 2 atom stereocenters. The first kappa shape index (κ1) is 18.7. The number of hydrogen-bond donors (Lipinski definition) is 1. The standard InChI is InChI=1S/C23H24N2O2S/c1-15-11-16(2)14-25(13-15)23(27)18-8-4-5-9-19(18)24-22(26)21-12-17-7-3-6-10-20(17)28-21/h3-10,12,15-16H,11,13-14H2,1-2H3,(H,24,26). The summed E-state index contributed by atoms with van der Waals surface area (Å²) in [7, 11) is 0. The van der Waals surface area contributed by atoms with Crippen LogP contribution in [0.2, 0.25) is 0 Å². The molecule has 2 unspecified atom stereocenters. The fourth-order valence-electron chi connectivity index (χ4n) is 4.06. The van der Waals surface area contributed by atoms with Crippen LogP contribution in [-0.4, -0.2) is 29.8 Å². The summed E-state index contributed by atoms with van der Waals surface area (Å²) >= 11 is 1.46. The van der Waals surface area contributed by atoms with Gasteiger partial charge in [-0.2, -0.15) is 0 Å². The predicted molar refractivity (Wildman–Crippen MR) is 115 cm³/mol. The Labute approximate surface area is 169 Å². The maximum absolute atomic E-state index is 13.1. The molecular formula is C23H24N2O2S. The van der Waals surface area contributed by atoms with E-state index >= 15 is 0 Å². The van der Waals surface area contributed by atoms with Gasteiger partial charge in [-0.05, 0) is 47.9 Å². The summed E-state index contributed by atoms with van der Waals surface area (Å²) in [5, 5.41) is 4.01. The van der Waals surface area contributed by atoms with Gasteiger partial charge in [-0.15, -0.1) is 11.3 Å². The van der Waals surface area contributed by atoms with E-state index < -0.39 is 0 Å². The summed E-state index contributed by atoms with van der Waals surface area (Å²) < 4.78 is 1.08. The van der Waals surface area contributed by atoms with Crippen LogP contribution >= 0.6 is 11.3 Å². The normalized spacial score (nSPS) is 19.6. The zero-order chi connectivity index (χ0) is 19.7. The van der Waals surface area contributed by atoms with Crippen LogP contribution in [0.5, 0.6) is 0 Å². The van der Waals surface area contributed by atoms with Crippen molar-refractivity contribution in [1.82, 2.24) is 4.90 Å². The lowest BCUT2D eigenvalue weighted by Crippen LogP contribution is -2.42. The minimum atomic E-state index is -0.179. The lowest BCUT2D eigenvalue weighted by atomic mass is 9.91. The van der Waals surface area contributed by atoms with Gasteiger partial charge < -0.3 is 10.2 Å². The number of carbonyl (C=O) groups excluding carboxylic acids is 2. The fraction of sp³-hybridized carbons (Fsp3) is 0.304. The quantitative estimate of drug-likeness (QED) is 0.660. The third-order valence-electron chi connectivity index (χ3n) is 5.21. The van der Waals surface area contributed by atoms with Crippen molar-refractivity contribution < 1.29 is 9.59 Å². The molecule has 0 bridgehead atoms. The molecule has 1 aliphatic rings. The van der Waals surface area contributed by atoms with Crippen molar-refractivity contribution >= 4 is 38.9 Å². The third-order valence-corrected chi connectivity index (χ3v) is 6.33. The summed E-state index contributed by atoms with van der Waals surface area (Å²) in [5.74, 6) is 0.800. The Hall–Kier alpha value is -2.66. The van der Waals surface area contributed by atoms with Crippen molar-refractivity contribution in [1.29, 1.82) is 0 Å². The van der Waals surface area contributed by atoms with Gasteiger partial charge in [0.2, 0.25) is 0 Å². The van der Waals surface area contributed by atoms with Crippen LogP contribution in [0, 0.1) is 11.8 Å². The van der Waals surface area contributed by atoms with E-state index in [0.717, 1.165) is 29.6 Å². The van der Waals surface area contributed by atoms with E-state index in [2.05, 4.69) is 19.2 Å². The molecule has 144 valence electrons. The van der Waals surface area contributed by atoms with Gasteiger partial charge in [-0.3, -0.25) is 9.59 Å². The van der Waals surface area contributed by atoms with Gasteiger partial charge in [-0.1, -0.05) is 44.2 Å². The van der Waals surface area contributed by atoms with E-state index in [9.17, 15) is 9.59 Å². The first-order valence-electron chi connectivity index (χ1n) is 9.69. The Morgan fingerprint density at radius 1 is 1.00 bits per heavy atom. The van der Waals surface area contributed by atoms with Gasteiger partial charge in [0, 0.05) is 17.8 Å². The number of amides is 2. The van der Waals surface area contributed by atoms with Crippen LogP contribution in [-0.2, 0) is 0 Å². The predicted octanol–water partition coefficient (Wildman–Crippen LogP) is 5.27.